The first-order valence-electron chi connectivity index (χ1n) is 13.1. The smallest absolute Gasteiger partial charge is 0.301 e. The Kier molecular flexibility index (Phi) is 7.25. The second-order valence-electron chi connectivity index (χ2n) is 10.1. The van der Waals surface area contributed by atoms with Gasteiger partial charge in [0.1, 0.15) is 17.6 Å². The fourth-order valence-electron chi connectivity index (χ4n) is 5.07. The molecule has 0 bridgehead atoms. The van der Waals surface area contributed by atoms with E-state index in [1.165, 1.54) is 34.9 Å². The van der Waals surface area contributed by atoms with Crippen LogP contribution in [0.4, 0.5) is 10.8 Å². The number of carbonyl (C=O) groups excluding carboxylic acids is 2. The van der Waals surface area contributed by atoms with Crippen molar-refractivity contribution in [1.29, 1.82) is 0 Å². The first-order chi connectivity index (χ1) is 20.2. The Balaban J connectivity index is 1.41. The van der Waals surface area contributed by atoms with Gasteiger partial charge in [-0.05, 0) is 48.7 Å². The molecular weight excluding hydrogens is 576 g/mol. The van der Waals surface area contributed by atoms with Crippen molar-refractivity contribution in [2.45, 2.75) is 42.5 Å². The number of aryl methyl sites for hydroxylation is 1. The summed E-state index contributed by atoms with van der Waals surface area (Å²) in [6.07, 6.45) is 0.607. The molecule has 2 aliphatic rings. The van der Waals surface area contributed by atoms with E-state index in [-0.39, 0.29) is 33.8 Å². The lowest BCUT2D eigenvalue weighted by atomic mass is 9.94. The van der Waals surface area contributed by atoms with E-state index >= 15 is 0 Å². The average Bonchev–Trinajstić information content (AvgIpc) is 3.67. The van der Waals surface area contributed by atoms with Gasteiger partial charge in [0.2, 0.25) is 5.13 Å². The van der Waals surface area contributed by atoms with Gasteiger partial charge in [-0.15, -0.1) is 10.2 Å². The summed E-state index contributed by atoms with van der Waals surface area (Å²) >= 11 is 2.57. The number of rotatable bonds is 7. The Labute approximate surface area is 248 Å². The highest BCUT2D eigenvalue weighted by atomic mass is 32.2. The van der Waals surface area contributed by atoms with Crippen LogP contribution in [0, 0.1) is 17.0 Å². The Morgan fingerprint density at radius 1 is 1.14 bits per heavy atom. The van der Waals surface area contributed by atoms with Crippen molar-refractivity contribution in [3.8, 4) is 5.75 Å². The van der Waals surface area contributed by atoms with Crippen molar-refractivity contribution in [3.05, 3.63) is 110 Å². The van der Waals surface area contributed by atoms with E-state index in [1.54, 1.807) is 24.3 Å². The number of Topliss-reactive ketones (excluding diaryl/α,β-unsaturated/α-hetero) is 1. The monoisotopic (exact) mass is 600 g/mol. The van der Waals surface area contributed by atoms with Crippen LogP contribution in [0.15, 0.2) is 76.6 Å². The highest BCUT2D eigenvalue weighted by Crippen LogP contribution is 2.45. The molecule has 6 rings (SSSR count). The largest absolute Gasteiger partial charge is 0.507 e. The van der Waals surface area contributed by atoms with E-state index in [9.17, 15) is 24.8 Å². The molecule has 1 saturated heterocycles. The molecule has 0 saturated carbocycles. The summed E-state index contributed by atoms with van der Waals surface area (Å²) < 4.78 is 6.34. The average molecular weight is 601 g/mol. The van der Waals surface area contributed by atoms with Crippen molar-refractivity contribution in [3.63, 3.8) is 0 Å². The molecule has 1 amide bonds. The maximum atomic E-state index is 13.5. The molecule has 0 radical (unpaired) electrons. The van der Waals surface area contributed by atoms with Crippen LogP contribution in [0.3, 0.4) is 0 Å². The van der Waals surface area contributed by atoms with Crippen LogP contribution in [0.1, 0.15) is 40.8 Å². The van der Waals surface area contributed by atoms with Crippen molar-refractivity contribution >= 4 is 51.4 Å². The Morgan fingerprint density at radius 3 is 2.69 bits per heavy atom. The number of amides is 1. The number of hydrogen-bond donors (Lipinski definition) is 1. The van der Waals surface area contributed by atoms with Crippen LogP contribution in [-0.4, -0.2) is 38.0 Å². The van der Waals surface area contributed by atoms with E-state index in [2.05, 4.69) is 10.2 Å². The number of aromatic nitrogens is 2. The Bertz CT molecular complexity index is 1770. The quantitative estimate of drug-likeness (QED) is 0.0515. The molecule has 0 aliphatic carbocycles. The molecule has 212 valence electrons. The third-order valence-electron chi connectivity index (χ3n) is 7.10. The van der Waals surface area contributed by atoms with Gasteiger partial charge in [0.05, 0.1) is 16.5 Å². The zero-order chi connectivity index (χ0) is 29.5. The van der Waals surface area contributed by atoms with Crippen molar-refractivity contribution < 1.29 is 24.4 Å². The number of non-ortho nitro benzene ring substituents is 1. The van der Waals surface area contributed by atoms with Gasteiger partial charge in [0.25, 0.3) is 11.5 Å². The van der Waals surface area contributed by atoms with E-state index in [0.29, 0.717) is 27.8 Å². The summed E-state index contributed by atoms with van der Waals surface area (Å²) in [6, 6.07) is 17.7. The summed E-state index contributed by atoms with van der Waals surface area (Å²) in [5.74, 6) is -0.883. The maximum absolute atomic E-state index is 13.5. The van der Waals surface area contributed by atoms with Gasteiger partial charge in [-0.1, -0.05) is 65.1 Å². The first kappa shape index (κ1) is 27.6. The number of ether oxygens (including phenoxy) is 1. The topological polar surface area (TPSA) is 136 Å². The minimum atomic E-state index is -1.16. The third-order valence-corrected chi connectivity index (χ3v) is 9.22. The lowest BCUT2D eigenvalue weighted by molar-refractivity contribution is -0.384. The van der Waals surface area contributed by atoms with Gasteiger partial charge < -0.3 is 9.84 Å². The number of nitro benzene ring substituents is 1. The zero-order valence-electron chi connectivity index (χ0n) is 22.5. The van der Waals surface area contributed by atoms with E-state index in [4.69, 9.17) is 4.74 Å². The predicted molar refractivity (Wildman–Crippen MR) is 159 cm³/mol. The molecule has 3 aromatic carbocycles. The summed E-state index contributed by atoms with van der Waals surface area (Å²) in [5, 5.41) is 31.7. The second-order valence-corrected chi connectivity index (χ2v) is 12.3. The Morgan fingerprint density at radius 2 is 1.93 bits per heavy atom. The summed E-state index contributed by atoms with van der Waals surface area (Å²) in [4.78, 5) is 39.2. The molecule has 1 N–H and O–H groups in total. The van der Waals surface area contributed by atoms with Gasteiger partial charge in [0, 0.05) is 29.9 Å². The molecule has 2 aliphatic heterocycles. The molecule has 0 spiro atoms. The van der Waals surface area contributed by atoms with E-state index < -0.39 is 22.7 Å². The third kappa shape index (κ3) is 5.14. The standard InChI is InChI=1S/C30H24N4O6S2/c1-16-6-8-18(9-7-16)15-41-30-32-31-29(42-30)33-25(19-4-3-5-22(14-19)34(38)39)24(27(36)28(33)37)26(35)20-10-11-23-21(13-20)12-17(2)40-23/h3-11,13-14,17,25,35H,12,15H2,1-2H3/b26-24+. The highest BCUT2D eigenvalue weighted by Gasteiger charge is 2.48. The zero-order valence-corrected chi connectivity index (χ0v) is 24.1. The number of hydrogen-bond acceptors (Lipinski definition) is 10. The number of benzene rings is 3. The number of anilines is 1. The van der Waals surface area contributed by atoms with Gasteiger partial charge in [-0.25, -0.2) is 0 Å². The predicted octanol–water partition coefficient (Wildman–Crippen LogP) is 6.00. The SMILES string of the molecule is Cc1ccc(CSc2nnc(N3C(=O)C(=O)/C(=C(/O)c4ccc5c(c4)CC(C)O5)C3c3cccc([N+](=O)[O-])c3)s2)cc1. The van der Waals surface area contributed by atoms with Crippen LogP contribution >= 0.6 is 23.1 Å². The molecule has 2 unspecified atom stereocenters. The molecule has 1 fully saturated rings. The van der Waals surface area contributed by atoms with Crippen LogP contribution in [0.2, 0.25) is 0 Å². The molecule has 2 atom stereocenters. The van der Waals surface area contributed by atoms with Gasteiger partial charge in [0.15, 0.2) is 4.34 Å². The lowest BCUT2D eigenvalue weighted by Gasteiger charge is -2.22. The second kappa shape index (κ2) is 11.0. The Hall–Kier alpha value is -4.55. The summed E-state index contributed by atoms with van der Waals surface area (Å²) in [5.41, 5.74) is 3.34. The maximum Gasteiger partial charge on any atom is 0.301 e. The van der Waals surface area contributed by atoms with Crippen LogP contribution in [-0.2, 0) is 21.8 Å². The van der Waals surface area contributed by atoms with E-state index in [1.807, 2.05) is 38.1 Å². The highest BCUT2D eigenvalue weighted by molar-refractivity contribution is 8.00. The number of aliphatic hydroxyl groups is 1. The lowest BCUT2D eigenvalue weighted by Crippen LogP contribution is -2.29. The van der Waals surface area contributed by atoms with Crippen molar-refractivity contribution in [1.82, 2.24) is 10.2 Å². The summed E-state index contributed by atoms with van der Waals surface area (Å²) in [7, 11) is 0. The van der Waals surface area contributed by atoms with Crippen molar-refractivity contribution in [2.24, 2.45) is 0 Å². The van der Waals surface area contributed by atoms with Gasteiger partial charge in [-0.2, -0.15) is 0 Å². The molecule has 4 aromatic rings. The number of ketones is 1. The molecule has 10 nitrogen and oxygen atoms in total. The molecule has 1 aromatic heterocycles. The number of thioether (sulfide) groups is 1. The molecule has 3 heterocycles. The summed E-state index contributed by atoms with van der Waals surface area (Å²) in [6.45, 7) is 3.95. The first-order valence-corrected chi connectivity index (χ1v) is 14.9. The van der Waals surface area contributed by atoms with Crippen molar-refractivity contribution in [2.75, 3.05) is 4.90 Å². The number of carbonyl (C=O) groups is 2. The minimum absolute atomic E-state index is 0.0247. The van der Waals surface area contributed by atoms with E-state index in [0.717, 1.165) is 28.0 Å². The number of nitrogens with zero attached hydrogens (tertiary/aromatic N) is 4. The fourth-order valence-corrected chi connectivity index (χ4v) is 6.89. The normalized spacial score (nSPS) is 19.1. The van der Waals surface area contributed by atoms with Gasteiger partial charge >= 0.3 is 5.91 Å². The number of fused-ring (bicyclic) bond motifs is 1. The molecule has 42 heavy (non-hydrogen) atoms. The molecule has 12 heteroatoms. The van der Waals surface area contributed by atoms with Crippen LogP contribution in [0.5, 0.6) is 5.75 Å². The fraction of sp³-hybridized carbons (Fsp3) is 0.200. The van der Waals surface area contributed by atoms with Crippen LogP contribution < -0.4 is 9.64 Å². The van der Waals surface area contributed by atoms with Gasteiger partial charge in [-0.3, -0.25) is 24.6 Å². The molecular formula is C30H24N4O6S2. The van der Waals surface area contributed by atoms with Crippen LogP contribution in [0.25, 0.3) is 5.76 Å². The minimum Gasteiger partial charge on any atom is -0.507 e. The number of aliphatic hydroxyl groups excluding tert-OH is 1. The number of nitro groups is 1.